The van der Waals surface area contributed by atoms with E-state index in [4.69, 9.17) is 11.6 Å². The van der Waals surface area contributed by atoms with Crippen molar-refractivity contribution in [2.45, 2.75) is 25.9 Å². The summed E-state index contributed by atoms with van der Waals surface area (Å²) in [6.07, 6.45) is 1.55. The van der Waals surface area contributed by atoms with Crippen molar-refractivity contribution in [3.8, 4) is 0 Å². The molecule has 0 radical (unpaired) electrons. The lowest BCUT2D eigenvalue weighted by atomic mass is 9.99. The standard InChI is InChI=1S/C21H21ClN2O2/c22-17-7-5-14(6-8-17)12-23-20(25)18-11-19(18)21(26)24-10-9-15-3-1-2-4-16(15)13-24/h1-8,18-19H,9-13H2,(H,23,25). The zero-order valence-electron chi connectivity index (χ0n) is 14.5. The fourth-order valence-corrected chi connectivity index (χ4v) is 3.72. The maximum Gasteiger partial charge on any atom is 0.226 e. The summed E-state index contributed by atoms with van der Waals surface area (Å²) in [4.78, 5) is 27.0. The number of hydrogen-bond acceptors (Lipinski definition) is 2. The summed E-state index contributed by atoms with van der Waals surface area (Å²) in [5, 5.41) is 3.61. The second-order valence-corrected chi connectivity index (χ2v) is 7.51. The molecule has 5 heteroatoms. The van der Waals surface area contributed by atoms with Gasteiger partial charge in [0.25, 0.3) is 0 Å². The number of benzene rings is 2. The minimum atomic E-state index is -0.188. The smallest absolute Gasteiger partial charge is 0.226 e. The fourth-order valence-electron chi connectivity index (χ4n) is 3.60. The van der Waals surface area contributed by atoms with E-state index in [2.05, 4.69) is 17.4 Å². The number of fused-ring (bicyclic) bond motifs is 1. The van der Waals surface area contributed by atoms with Crippen molar-refractivity contribution in [2.75, 3.05) is 6.54 Å². The van der Waals surface area contributed by atoms with Crippen LogP contribution in [0.5, 0.6) is 0 Å². The molecule has 2 atom stereocenters. The molecule has 2 unspecified atom stereocenters. The molecule has 0 bridgehead atoms. The van der Waals surface area contributed by atoms with Crippen molar-refractivity contribution in [2.24, 2.45) is 11.8 Å². The number of carbonyl (C=O) groups excluding carboxylic acids is 2. The van der Waals surface area contributed by atoms with Crippen molar-refractivity contribution < 1.29 is 9.59 Å². The quantitative estimate of drug-likeness (QED) is 0.901. The number of halogens is 1. The Kier molecular flexibility index (Phi) is 4.68. The van der Waals surface area contributed by atoms with Crippen molar-refractivity contribution in [1.29, 1.82) is 0 Å². The first-order chi connectivity index (χ1) is 12.6. The van der Waals surface area contributed by atoms with Gasteiger partial charge in [-0.2, -0.15) is 0 Å². The van der Waals surface area contributed by atoms with E-state index in [1.807, 2.05) is 29.2 Å². The number of amides is 2. The molecule has 1 fully saturated rings. The molecule has 1 N–H and O–H groups in total. The highest BCUT2D eigenvalue weighted by Crippen LogP contribution is 2.41. The molecule has 1 aliphatic carbocycles. The van der Waals surface area contributed by atoms with Crippen LogP contribution in [0.1, 0.15) is 23.1 Å². The van der Waals surface area contributed by atoms with Crippen LogP contribution in [-0.4, -0.2) is 23.3 Å². The predicted molar refractivity (Wildman–Crippen MR) is 100 cm³/mol. The van der Waals surface area contributed by atoms with Gasteiger partial charge in [0, 0.05) is 24.7 Å². The van der Waals surface area contributed by atoms with Crippen LogP contribution in [-0.2, 0) is 29.1 Å². The summed E-state index contributed by atoms with van der Waals surface area (Å²) in [5.41, 5.74) is 3.54. The van der Waals surface area contributed by atoms with Gasteiger partial charge in [-0.1, -0.05) is 48.0 Å². The van der Waals surface area contributed by atoms with Crippen molar-refractivity contribution >= 4 is 23.4 Å². The predicted octanol–water partition coefficient (Wildman–Crippen LogP) is 3.18. The monoisotopic (exact) mass is 368 g/mol. The van der Waals surface area contributed by atoms with Crippen molar-refractivity contribution in [3.63, 3.8) is 0 Å². The molecule has 2 aromatic carbocycles. The average molecular weight is 369 g/mol. The molecule has 134 valence electrons. The second-order valence-electron chi connectivity index (χ2n) is 7.07. The lowest BCUT2D eigenvalue weighted by Crippen LogP contribution is -2.38. The van der Waals surface area contributed by atoms with E-state index in [0.717, 1.165) is 18.5 Å². The summed E-state index contributed by atoms with van der Waals surface area (Å²) < 4.78 is 0. The van der Waals surface area contributed by atoms with Gasteiger partial charge in [-0.3, -0.25) is 9.59 Å². The summed E-state index contributed by atoms with van der Waals surface area (Å²) in [7, 11) is 0. The van der Waals surface area contributed by atoms with Crippen LogP contribution in [0.15, 0.2) is 48.5 Å². The Hall–Kier alpha value is -2.33. The third kappa shape index (κ3) is 3.61. The number of nitrogens with zero attached hydrogens (tertiary/aromatic N) is 1. The van der Waals surface area contributed by atoms with Crippen LogP contribution in [0.25, 0.3) is 0 Å². The molecule has 2 aliphatic rings. The number of nitrogens with one attached hydrogen (secondary N) is 1. The first kappa shape index (κ1) is 17.1. The Morgan fingerprint density at radius 1 is 1.04 bits per heavy atom. The maximum absolute atomic E-state index is 12.7. The van der Waals surface area contributed by atoms with Gasteiger partial charge in [0.15, 0.2) is 0 Å². The normalized spacial score (nSPS) is 21.0. The highest BCUT2D eigenvalue weighted by molar-refractivity contribution is 6.30. The van der Waals surface area contributed by atoms with Crippen LogP contribution in [0.3, 0.4) is 0 Å². The Balaban J connectivity index is 1.30. The molecule has 4 rings (SSSR count). The lowest BCUT2D eigenvalue weighted by molar-refractivity contribution is -0.135. The minimum absolute atomic E-state index is 0.0318. The maximum atomic E-state index is 12.7. The molecular weight excluding hydrogens is 348 g/mol. The molecule has 26 heavy (non-hydrogen) atoms. The van der Waals surface area contributed by atoms with Gasteiger partial charge < -0.3 is 10.2 Å². The molecule has 2 aromatic rings. The van der Waals surface area contributed by atoms with Crippen LogP contribution < -0.4 is 5.32 Å². The molecule has 1 aliphatic heterocycles. The van der Waals surface area contributed by atoms with Gasteiger partial charge in [-0.05, 0) is 41.7 Å². The molecule has 1 heterocycles. The highest BCUT2D eigenvalue weighted by atomic mass is 35.5. The van der Waals surface area contributed by atoms with Crippen LogP contribution in [0.2, 0.25) is 5.02 Å². The third-order valence-corrected chi connectivity index (χ3v) is 5.52. The number of carbonyl (C=O) groups is 2. The highest BCUT2D eigenvalue weighted by Gasteiger charge is 2.49. The molecule has 1 saturated carbocycles. The average Bonchev–Trinajstić information content (AvgIpc) is 3.47. The Labute approximate surface area is 158 Å². The van der Waals surface area contributed by atoms with Crippen molar-refractivity contribution in [1.82, 2.24) is 10.2 Å². The van der Waals surface area contributed by atoms with E-state index in [1.165, 1.54) is 11.1 Å². The Morgan fingerprint density at radius 2 is 1.77 bits per heavy atom. The number of hydrogen-bond donors (Lipinski definition) is 1. The first-order valence-electron chi connectivity index (χ1n) is 8.99. The molecule has 0 aromatic heterocycles. The zero-order chi connectivity index (χ0) is 18.1. The summed E-state index contributed by atoms with van der Waals surface area (Å²) in [5.74, 6) is -0.265. The SMILES string of the molecule is O=C(NCc1ccc(Cl)cc1)C1CC1C(=O)N1CCc2ccccc2C1. The van der Waals surface area contributed by atoms with Crippen molar-refractivity contribution in [3.05, 3.63) is 70.2 Å². The Morgan fingerprint density at radius 3 is 2.54 bits per heavy atom. The molecule has 2 amide bonds. The van der Waals surface area contributed by atoms with E-state index < -0.39 is 0 Å². The van der Waals surface area contributed by atoms with Crippen LogP contribution in [0, 0.1) is 11.8 Å². The van der Waals surface area contributed by atoms with E-state index in [1.54, 1.807) is 12.1 Å². The van der Waals surface area contributed by atoms with Crippen LogP contribution in [0.4, 0.5) is 0 Å². The lowest BCUT2D eigenvalue weighted by Gasteiger charge is -2.29. The summed E-state index contributed by atoms with van der Waals surface area (Å²) in [6, 6.07) is 15.7. The Bertz CT molecular complexity index is 834. The van der Waals surface area contributed by atoms with E-state index in [0.29, 0.717) is 24.5 Å². The van der Waals surface area contributed by atoms with Crippen LogP contribution >= 0.6 is 11.6 Å². The summed E-state index contributed by atoms with van der Waals surface area (Å²) in [6.45, 7) is 1.86. The molecule has 0 spiro atoms. The molecule has 0 saturated heterocycles. The van der Waals surface area contributed by atoms with Gasteiger partial charge in [-0.25, -0.2) is 0 Å². The number of rotatable bonds is 4. The topological polar surface area (TPSA) is 49.4 Å². The third-order valence-electron chi connectivity index (χ3n) is 5.27. The zero-order valence-corrected chi connectivity index (χ0v) is 15.2. The molecular formula is C21H21ClN2O2. The minimum Gasteiger partial charge on any atom is -0.352 e. The second kappa shape index (κ2) is 7.12. The van der Waals surface area contributed by atoms with E-state index >= 15 is 0 Å². The summed E-state index contributed by atoms with van der Waals surface area (Å²) >= 11 is 5.86. The van der Waals surface area contributed by atoms with E-state index in [-0.39, 0.29) is 23.7 Å². The fraction of sp³-hybridized carbons (Fsp3) is 0.333. The van der Waals surface area contributed by atoms with Gasteiger partial charge in [0.2, 0.25) is 11.8 Å². The first-order valence-corrected chi connectivity index (χ1v) is 9.37. The van der Waals surface area contributed by atoms with Gasteiger partial charge in [0.1, 0.15) is 0 Å². The van der Waals surface area contributed by atoms with E-state index in [9.17, 15) is 9.59 Å². The molecule has 4 nitrogen and oxygen atoms in total. The van der Waals surface area contributed by atoms with Gasteiger partial charge in [0.05, 0.1) is 11.8 Å². The largest absolute Gasteiger partial charge is 0.352 e. The van der Waals surface area contributed by atoms with Gasteiger partial charge >= 0.3 is 0 Å². The van der Waals surface area contributed by atoms with Gasteiger partial charge in [-0.15, -0.1) is 0 Å².